The molecule has 0 saturated heterocycles. The van der Waals surface area contributed by atoms with Crippen LogP contribution < -0.4 is 5.32 Å². The number of hydrogen-bond donors (Lipinski definition) is 1. The molecule has 1 fully saturated rings. The number of amides is 1. The maximum Gasteiger partial charge on any atom is 0.284 e. The van der Waals surface area contributed by atoms with E-state index in [1.807, 2.05) is 0 Å². The molecule has 2 atom stereocenters. The quantitative estimate of drug-likeness (QED) is 0.673. The van der Waals surface area contributed by atoms with Crippen LogP contribution in [0.2, 0.25) is 0 Å². The smallest absolute Gasteiger partial charge is 0.284 e. The van der Waals surface area contributed by atoms with E-state index >= 15 is 0 Å². The number of nitro benzene ring substituents is 1. The molecule has 7 heteroatoms. The van der Waals surface area contributed by atoms with E-state index in [0.29, 0.717) is 0 Å². The summed E-state index contributed by atoms with van der Waals surface area (Å²) in [7, 11) is 1.66. The first-order chi connectivity index (χ1) is 9.52. The molecule has 0 heterocycles. The third kappa shape index (κ3) is 3.16. The van der Waals surface area contributed by atoms with Gasteiger partial charge in [0, 0.05) is 19.2 Å². The molecule has 108 valence electrons. The van der Waals surface area contributed by atoms with E-state index < -0.39 is 4.92 Å². The average molecular weight is 343 g/mol. The van der Waals surface area contributed by atoms with E-state index in [9.17, 15) is 14.9 Å². The molecule has 1 saturated carbocycles. The van der Waals surface area contributed by atoms with Crippen molar-refractivity contribution in [1.29, 1.82) is 0 Å². The van der Waals surface area contributed by atoms with Gasteiger partial charge in [-0.3, -0.25) is 14.9 Å². The second kappa shape index (κ2) is 6.32. The molecule has 0 radical (unpaired) electrons. The number of nitrogens with one attached hydrogen (secondary N) is 1. The summed E-state index contributed by atoms with van der Waals surface area (Å²) in [6.45, 7) is 0. The monoisotopic (exact) mass is 342 g/mol. The van der Waals surface area contributed by atoms with E-state index in [1.165, 1.54) is 12.1 Å². The van der Waals surface area contributed by atoms with Gasteiger partial charge in [0.05, 0.1) is 16.6 Å². The molecule has 1 aromatic rings. The summed E-state index contributed by atoms with van der Waals surface area (Å²) in [4.78, 5) is 22.5. The molecule has 6 nitrogen and oxygen atoms in total. The summed E-state index contributed by atoms with van der Waals surface area (Å²) in [6.07, 6.45) is 2.72. The van der Waals surface area contributed by atoms with Crippen LogP contribution in [0.3, 0.4) is 0 Å². The lowest BCUT2D eigenvalue weighted by Gasteiger charge is -2.13. The van der Waals surface area contributed by atoms with Crippen molar-refractivity contribution in [3.8, 4) is 0 Å². The highest BCUT2D eigenvalue weighted by Gasteiger charge is 2.27. The van der Waals surface area contributed by atoms with Gasteiger partial charge in [0.1, 0.15) is 4.47 Å². The molecule has 0 unspecified atom stereocenters. The van der Waals surface area contributed by atoms with E-state index in [4.69, 9.17) is 4.74 Å². The van der Waals surface area contributed by atoms with Crippen LogP contribution in [0.1, 0.15) is 29.6 Å². The number of carbonyl (C=O) groups excluding carboxylic acids is 1. The van der Waals surface area contributed by atoms with Crippen molar-refractivity contribution in [3.05, 3.63) is 38.3 Å². The molecule has 0 aromatic heterocycles. The predicted octanol–water partition coefficient (Wildman–Crippen LogP) is 2.65. The standard InChI is InChI=1S/C13H15BrN2O4/c1-20-9-6-5-8(7-9)15-13(17)10-3-2-4-11(12(10)14)16(18)19/h2-4,8-9H,5-7H2,1H3,(H,15,17)/t8-,9-/m1/s1. The Kier molecular flexibility index (Phi) is 4.72. The second-order valence-corrected chi connectivity index (χ2v) is 5.53. The molecule has 20 heavy (non-hydrogen) atoms. The van der Waals surface area contributed by atoms with Crippen LogP contribution in [0.5, 0.6) is 0 Å². The highest BCUT2D eigenvalue weighted by Crippen LogP contribution is 2.29. The Morgan fingerprint density at radius 3 is 2.85 bits per heavy atom. The Labute approximate surface area is 124 Å². The third-order valence-electron chi connectivity index (χ3n) is 3.47. The molecular weight excluding hydrogens is 328 g/mol. The second-order valence-electron chi connectivity index (χ2n) is 4.74. The minimum atomic E-state index is -0.516. The number of carbonyl (C=O) groups is 1. The lowest BCUT2D eigenvalue weighted by Crippen LogP contribution is -2.33. The van der Waals surface area contributed by atoms with Gasteiger partial charge in [-0.2, -0.15) is 0 Å². The molecule has 0 spiro atoms. The Bertz CT molecular complexity index is 535. The number of methoxy groups -OCH3 is 1. The summed E-state index contributed by atoms with van der Waals surface area (Å²) in [5.74, 6) is -0.303. The Hall–Kier alpha value is -1.47. The normalized spacial score (nSPS) is 21.7. The summed E-state index contributed by atoms with van der Waals surface area (Å²) in [5, 5.41) is 13.7. The summed E-state index contributed by atoms with van der Waals surface area (Å²) >= 11 is 3.13. The number of benzene rings is 1. The zero-order valence-corrected chi connectivity index (χ0v) is 12.6. The Morgan fingerprint density at radius 2 is 2.25 bits per heavy atom. The van der Waals surface area contributed by atoms with E-state index in [0.717, 1.165) is 19.3 Å². The zero-order valence-electron chi connectivity index (χ0n) is 11.0. The number of halogens is 1. The van der Waals surface area contributed by atoms with Crippen LogP contribution >= 0.6 is 15.9 Å². The van der Waals surface area contributed by atoms with Gasteiger partial charge in [-0.05, 0) is 41.3 Å². The van der Waals surface area contributed by atoms with E-state index in [2.05, 4.69) is 21.2 Å². The molecule has 1 aliphatic rings. The summed E-state index contributed by atoms with van der Waals surface area (Å²) < 4.78 is 5.46. The third-order valence-corrected chi connectivity index (χ3v) is 4.31. The van der Waals surface area contributed by atoms with Crippen LogP contribution in [0.25, 0.3) is 0 Å². The van der Waals surface area contributed by atoms with Crippen LogP contribution in [-0.4, -0.2) is 30.1 Å². The molecular formula is C13H15BrN2O4. The minimum absolute atomic E-state index is 0.0543. The van der Waals surface area contributed by atoms with Crippen molar-refractivity contribution in [2.75, 3.05) is 7.11 Å². The van der Waals surface area contributed by atoms with E-state index in [-0.39, 0.29) is 33.8 Å². The van der Waals surface area contributed by atoms with Gasteiger partial charge in [0.2, 0.25) is 0 Å². The molecule has 0 bridgehead atoms. The SMILES string of the molecule is CO[C@@H]1CC[C@@H](NC(=O)c2cccc([N+](=O)[O-])c2Br)C1. The number of hydrogen-bond acceptors (Lipinski definition) is 4. The molecule has 1 N–H and O–H groups in total. The maximum absolute atomic E-state index is 12.2. The molecule has 0 aliphatic heterocycles. The summed E-state index contributed by atoms with van der Waals surface area (Å²) in [5.41, 5.74) is 0.166. The zero-order chi connectivity index (χ0) is 14.7. The van der Waals surface area contributed by atoms with Gasteiger partial charge in [0.25, 0.3) is 11.6 Å². The van der Waals surface area contributed by atoms with Crippen LogP contribution in [0.4, 0.5) is 5.69 Å². The first kappa shape index (κ1) is 14.9. The highest BCUT2D eigenvalue weighted by molar-refractivity contribution is 9.10. The number of nitro groups is 1. The lowest BCUT2D eigenvalue weighted by atomic mass is 10.1. The van der Waals surface area contributed by atoms with Gasteiger partial charge in [-0.1, -0.05) is 6.07 Å². The van der Waals surface area contributed by atoms with Crippen molar-refractivity contribution in [2.24, 2.45) is 0 Å². The first-order valence-electron chi connectivity index (χ1n) is 6.29. The van der Waals surface area contributed by atoms with Gasteiger partial charge in [-0.15, -0.1) is 0 Å². The number of nitrogens with zero attached hydrogens (tertiary/aromatic N) is 1. The number of rotatable bonds is 4. The fourth-order valence-corrected chi connectivity index (χ4v) is 2.97. The average Bonchev–Trinajstić information content (AvgIpc) is 2.86. The van der Waals surface area contributed by atoms with Crippen LogP contribution in [0, 0.1) is 10.1 Å². The van der Waals surface area contributed by atoms with E-state index in [1.54, 1.807) is 13.2 Å². The van der Waals surface area contributed by atoms with Gasteiger partial charge in [0.15, 0.2) is 0 Å². The van der Waals surface area contributed by atoms with Crippen molar-refractivity contribution < 1.29 is 14.5 Å². The maximum atomic E-state index is 12.2. The van der Waals surface area contributed by atoms with Gasteiger partial charge >= 0.3 is 0 Å². The number of ether oxygens (including phenoxy) is 1. The minimum Gasteiger partial charge on any atom is -0.381 e. The molecule has 1 aliphatic carbocycles. The van der Waals surface area contributed by atoms with Crippen molar-refractivity contribution in [1.82, 2.24) is 5.32 Å². The fraction of sp³-hybridized carbons (Fsp3) is 0.462. The Morgan fingerprint density at radius 1 is 1.50 bits per heavy atom. The summed E-state index contributed by atoms with van der Waals surface area (Å²) in [6, 6.07) is 4.48. The van der Waals surface area contributed by atoms with Gasteiger partial charge < -0.3 is 10.1 Å². The first-order valence-corrected chi connectivity index (χ1v) is 7.08. The van der Waals surface area contributed by atoms with Crippen LogP contribution in [0.15, 0.2) is 22.7 Å². The van der Waals surface area contributed by atoms with Crippen molar-refractivity contribution in [3.63, 3.8) is 0 Å². The molecule has 1 amide bonds. The lowest BCUT2D eigenvalue weighted by molar-refractivity contribution is -0.385. The van der Waals surface area contributed by atoms with Crippen molar-refractivity contribution in [2.45, 2.75) is 31.4 Å². The van der Waals surface area contributed by atoms with Gasteiger partial charge in [-0.25, -0.2) is 0 Å². The largest absolute Gasteiger partial charge is 0.381 e. The Balaban J connectivity index is 2.10. The highest BCUT2D eigenvalue weighted by atomic mass is 79.9. The predicted molar refractivity (Wildman–Crippen MR) is 76.7 cm³/mol. The van der Waals surface area contributed by atoms with Crippen LogP contribution in [-0.2, 0) is 4.74 Å². The topological polar surface area (TPSA) is 81.5 Å². The van der Waals surface area contributed by atoms with Crippen molar-refractivity contribution >= 4 is 27.5 Å². The molecule has 2 rings (SSSR count). The molecule has 1 aromatic carbocycles. The fourth-order valence-electron chi connectivity index (χ4n) is 2.38.